The Bertz CT molecular complexity index is 4680. The molecule has 10 aromatic carbocycles. The van der Waals surface area contributed by atoms with Crippen molar-refractivity contribution in [2.45, 2.75) is 105 Å². The minimum absolute atomic E-state index is 0. The van der Waals surface area contributed by atoms with Crippen LogP contribution in [-0.4, -0.2) is 79.8 Å². The van der Waals surface area contributed by atoms with Gasteiger partial charge in [-0.15, -0.1) is 0 Å². The molecule has 584 valence electrons. The molecule has 0 spiro atoms. The predicted molar refractivity (Wildman–Crippen MR) is 432 cm³/mol. The molecule has 0 radical (unpaired) electrons. The number of ether oxygens (including phenoxy) is 6. The lowest BCUT2D eigenvalue weighted by atomic mass is 10.1. The van der Waals surface area contributed by atoms with E-state index in [9.17, 15) is 31.9 Å². The van der Waals surface area contributed by atoms with Crippen LogP contribution in [0.1, 0.15) is 80.8 Å². The molecule has 0 fully saturated rings. The Hall–Kier alpha value is -12.2. The van der Waals surface area contributed by atoms with E-state index in [2.05, 4.69) is 24.7 Å². The first kappa shape index (κ1) is 84.8. The van der Waals surface area contributed by atoms with E-state index < -0.39 is 18.1 Å². The van der Waals surface area contributed by atoms with Crippen molar-refractivity contribution in [3.8, 4) is 69.3 Å². The number of carbonyl (C=O) groups excluding carboxylic acids is 3. The molecule has 0 amide bonds. The molecule has 17 nitrogen and oxygen atoms in total. The number of rotatable bonds is 36. The molecule has 2 aromatic heterocycles. The molecule has 6 N–H and O–H groups in total. The molecule has 113 heavy (non-hydrogen) atoms. The number of nitrogens with zero attached hydrogens (tertiary/aromatic N) is 5. The van der Waals surface area contributed by atoms with Gasteiger partial charge in [-0.05, 0) is 161 Å². The zero-order valence-electron chi connectivity index (χ0n) is 62.6. The van der Waals surface area contributed by atoms with Gasteiger partial charge in [-0.2, -0.15) is 0 Å². The van der Waals surface area contributed by atoms with Crippen LogP contribution >= 0.6 is 0 Å². The number of carbonyl (C=O) groups is 3. The number of Topliss-reactive ketones (excluding diaryl/α,β-unsaturated/α-hetero) is 3. The quantitative estimate of drug-likeness (QED) is 0.0311. The Kier molecular flexibility index (Phi) is 33.0. The predicted octanol–water partition coefficient (Wildman–Crippen LogP) is 19.7. The van der Waals surface area contributed by atoms with Crippen LogP contribution in [0.4, 0.5) is 17.6 Å². The van der Waals surface area contributed by atoms with E-state index in [0.29, 0.717) is 136 Å². The van der Waals surface area contributed by atoms with Gasteiger partial charge in [-0.1, -0.05) is 141 Å². The highest BCUT2D eigenvalue weighted by Gasteiger charge is 2.22. The van der Waals surface area contributed by atoms with E-state index >= 15 is 0 Å². The Morgan fingerprint density at radius 3 is 0.796 bits per heavy atom. The van der Waals surface area contributed by atoms with Crippen molar-refractivity contribution in [2.75, 3.05) is 19.6 Å². The molecule has 12 rings (SSSR count). The highest BCUT2D eigenvalue weighted by atomic mass is 19.1. The van der Waals surface area contributed by atoms with E-state index in [0.717, 1.165) is 44.9 Å². The molecular formula is C92H94F4N8O9. The highest BCUT2D eigenvalue weighted by Crippen LogP contribution is 2.35. The van der Waals surface area contributed by atoms with Crippen molar-refractivity contribution in [3.63, 3.8) is 0 Å². The molecule has 0 unspecified atom stereocenters. The van der Waals surface area contributed by atoms with Gasteiger partial charge in [-0.3, -0.25) is 29.1 Å². The molecule has 21 heteroatoms. The van der Waals surface area contributed by atoms with Crippen LogP contribution < -0.4 is 45.6 Å². The molecular weight excluding hydrogens is 1440 g/mol. The first-order valence-electron chi connectivity index (χ1n) is 36.7. The maximum atomic E-state index is 13.7. The lowest BCUT2D eigenvalue weighted by molar-refractivity contribution is -0.119. The van der Waals surface area contributed by atoms with Crippen LogP contribution in [0, 0.1) is 23.3 Å². The minimum atomic E-state index is -0.574. The first-order chi connectivity index (χ1) is 54.3. The van der Waals surface area contributed by atoms with Crippen molar-refractivity contribution in [1.82, 2.24) is 24.7 Å². The normalized spacial score (nSPS) is 11.7. The van der Waals surface area contributed by atoms with Gasteiger partial charge in [-0.25, -0.2) is 27.5 Å². The summed E-state index contributed by atoms with van der Waals surface area (Å²) in [7, 11) is 0. The van der Waals surface area contributed by atoms with E-state index in [-0.39, 0.29) is 48.0 Å². The Labute approximate surface area is 658 Å². The smallest absolute Gasteiger partial charge is 0.219 e. The Balaban J connectivity index is 0.000000194. The number of para-hydroxylation sites is 6. The summed E-state index contributed by atoms with van der Waals surface area (Å²) >= 11 is 0. The first-order valence-corrected chi connectivity index (χ1v) is 36.7. The summed E-state index contributed by atoms with van der Waals surface area (Å²) < 4.78 is 90.5. The summed E-state index contributed by atoms with van der Waals surface area (Å²) in [5.41, 5.74) is 23.8. The monoisotopic (exact) mass is 1530 g/mol. The zero-order chi connectivity index (χ0) is 79.0. The average Bonchev–Trinajstić information content (AvgIpc) is 0.581. The fraction of sp³-hybridized carbons (Fsp3) is 0.207. The number of pyridine rings is 2. The fourth-order valence-corrected chi connectivity index (χ4v) is 11.7. The number of hydrogen-bond donors (Lipinski definition) is 3. The van der Waals surface area contributed by atoms with Crippen molar-refractivity contribution >= 4 is 17.3 Å². The van der Waals surface area contributed by atoms with E-state index in [1.165, 1.54) is 69.3 Å². The Morgan fingerprint density at radius 1 is 0.301 bits per heavy atom. The summed E-state index contributed by atoms with van der Waals surface area (Å²) in [5, 5.41) is 0. The third kappa shape index (κ3) is 27.9. The number of ketones is 3. The molecule has 3 atom stereocenters. The third-order valence-electron chi connectivity index (χ3n) is 17.9. The molecule has 0 aliphatic rings. The summed E-state index contributed by atoms with van der Waals surface area (Å²) in [6.07, 6.45) is 4.90. The van der Waals surface area contributed by atoms with Crippen LogP contribution in [0.5, 0.6) is 69.3 Å². The average molecular weight is 1530 g/mol. The number of hydrogen-bond acceptors (Lipinski definition) is 17. The van der Waals surface area contributed by atoms with Gasteiger partial charge in [0.1, 0.15) is 98.1 Å². The van der Waals surface area contributed by atoms with Gasteiger partial charge >= 0.3 is 0 Å². The molecule has 0 bridgehead atoms. The van der Waals surface area contributed by atoms with Crippen LogP contribution in [0.25, 0.3) is 0 Å². The second-order valence-corrected chi connectivity index (χ2v) is 26.6. The van der Waals surface area contributed by atoms with Crippen LogP contribution in [-0.2, 0) is 53.7 Å². The minimum Gasteiger partial charge on any atom is -0.457 e. The number of halogens is 4. The van der Waals surface area contributed by atoms with Crippen LogP contribution in [0.15, 0.2) is 291 Å². The van der Waals surface area contributed by atoms with Gasteiger partial charge < -0.3 is 45.6 Å². The second kappa shape index (κ2) is 44.0. The summed E-state index contributed by atoms with van der Waals surface area (Å²) in [5.74, 6) is 5.30. The third-order valence-corrected chi connectivity index (χ3v) is 17.9. The van der Waals surface area contributed by atoms with Gasteiger partial charge in [0.25, 0.3) is 0 Å². The lowest BCUT2D eigenvalue weighted by Gasteiger charge is -2.25. The maximum absolute atomic E-state index is 13.7. The topological polar surface area (TPSA) is 220 Å². The van der Waals surface area contributed by atoms with E-state index in [1.54, 1.807) is 60.9 Å². The molecule has 0 saturated carbocycles. The molecule has 0 aliphatic heterocycles. The zero-order valence-corrected chi connectivity index (χ0v) is 62.6. The van der Waals surface area contributed by atoms with Gasteiger partial charge in [0.05, 0.1) is 18.1 Å². The van der Waals surface area contributed by atoms with Crippen LogP contribution in [0.3, 0.4) is 0 Å². The number of benzene rings is 10. The molecule has 0 aliphatic carbocycles. The van der Waals surface area contributed by atoms with Crippen molar-refractivity contribution < 1.29 is 60.4 Å². The van der Waals surface area contributed by atoms with Gasteiger partial charge in [0, 0.05) is 129 Å². The second-order valence-electron chi connectivity index (χ2n) is 26.6. The van der Waals surface area contributed by atoms with Gasteiger partial charge in [0.2, 0.25) is 11.8 Å². The molecule has 0 saturated heterocycles. The van der Waals surface area contributed by atoms with Crippen LogP contribution in [0.2, 0.25) is 0 Å². The number of nitrogens with two attached hydrogens (primary N) is 3. The van der Waals surface area contributed by atoms with Crippen molar-refractivity contribution in [2.24, 2.45) is 17.2 Å². The highest BCUT2D eigenvalue weighted by molar-refractivity contribution is 5.82. The van der Waals surface area contributed by atoms with E-state index in [1.807, 2.05) is 182 Å². The standard InChI is InChI=1S/2C31H30F2N2O3.C29H30N4O3.CH4/c1-22(36)29(34)16-17-35(20-23-8-2-4-14-30(23)37-27-12-6-10-25(32)18-27)21-24-9-3-5-15-31(24)38-28-13-7-11-26(33)19-28;1-22(36)29(34)18-19-35(20-23-6-2-4-8-30(23)37-27-14-10-25(32)11-15-27)21-24-7-3-5-9-31(24)38-28-16-12-26(33)13-17-28;1-22(34)25(30)16-19-33(20-23-10-2-4-12-26(23)35-28-14-6-8-17-31-28)21-24-11-3-5-13-27(24)36-29-15-7-9-18-32-29;/h2-15,18-19,29H,16-17,20-21,34H2,1H3;2-17,29H,18-21,34H2,1H3;2-15,17-18,25H,16,19-21,30H2,1H3;1H4/t2*29-;25-;/m000./s1. The lowest BCUT2D eigenvalue weighted by Crippen LogP contribution is -2.34. The Morgan fingerprint density at radius 2 is 0.549 bits per heavy atom. The van der Waals surface area contributed by atoms with Crippen molar-refractivity contribution in [1.29, 1.82) is 0 Å². The van der Waals surface area contributed by atoms with Gasteiger partial charge in [0.15, 0.2) is 0 Å². The summed E-state index contributed by atoms with van der Waals surface area (Å²) in [6.45, 7) is 9.36. The number of aromatic nitrogens is 2. The molecule has 2 heterocycles. The maximum Gasteiger partial charge on any atom is 0.219 e. The van der Waals surface area contributed by atoms with E-state index in [4.69, 9.17) is 45.6 Å². The molecule has 12 aromatic rings. The summed E-state index contributed by atoms with van der Waals surface area (Å²) in [6, 6.07) is 79.4. The SMILES string of the molecule is C.CC(=O)[C@@H](N)CCN(Cc1ccccc1Oc1ccc(F)cc1)Cc1ccccc1Oc1ccc(F)cc1.CC(=O)[C@@H](N)CCN(Cc1ccccc1Oc1cccc(F)c1)Cc1ccccc1Oc1cccc(F)c1.CC(=O)[C@@H](N)CCN(Cc1ccccc1Oc1ccccn1)Cc1ccccc1Oc1ccccn1. The van der Waals surface area contributed by atoms with Crippen molar-refractivity contribution in [3.05, 3.63) is 348 Å². The summed E-state index contributed by atoms with van der Waals surface area (Å²) in [4.78, 5) is 50.5. The fourth-order valence-electron chi connectivity index (χ4n) is 11.7. The largest absolute Gasteiger partial charge is 0.457 e.